The fourth-order valence-corrected chi connectivity index (χ4v) is 7.45. The molecular formula is C24H30N4O4. The van der Waals surface area contributed by atoms with Crippen molar-refractivity contribution in [3.05, 3.63) is 34.7 Å². The SMILES string of the molecule is Cn1c(=O)n([C@@H]2CCN(C(=O)O[C@H]3C4CC5CC3C[C@](C(N)=O)(C5)C4)C2)c2ccccc21. The molecule has 2 unspecified atom stereocenters. The maximum Gasteiger partial charge on any atom is 0.410 e. The minimum atomic E-state index is -0.381. The first kappa shape index (κ1) is 19.9. The zero-order valence-electron chi connectivity index (χ0n) is 18.4. The van der Waals surface area contributed by atoms with Gasteiger partial charge in [-0.25, -0.2) is 9.59 Å². The van der Waals surface area contributed by atoms with Crippen molar-refractivity contribution in [1.29, 1.82) is 0 Å². The topological polar surface area (TPSA) is 99.6 Å². The molecule has 7 rings (SSSR count). The largest absolute Gasteiger partial charge is 0.446 e. The normalized spacial score (nSPS) is 35.5. The number of hydrogen-bond donors (Lipinski definition) is 1. The van der Waals surface area contributed by atoms with Gasteiger partial charge in [-0.05, 0) is 68.4 Å². The van der Waals surface area contributed by atoms with Crippen LogP contribution in [0.1, 0.15) is 44.6 Å². The van der Waals surface area contributed by atoms with Crippen molar-refractivity contribution in [3.8, 4) is 0 Å². The Morgan fingerprint density at radius 1 is 1.09 bits per heavy atom. The van der Waals surface area contributed by atoms with Gasteiger partial charge in [-0.15, -0.1) is 0 Å². The van der Waals surface area contributed by atoms with Gasteiger partial charge in [0, 0.05) is 20.1 Å². The predicted octanol–water partition coefficient (Wildman–Crippen LogP) is 2.40. The molecule has 8 heteroatoms. The summed E-state index contributed by atoms with van der Waals surface area (Å²) in [6.07, 6.45) is 4.78. The molecule has 2 heterocycles. The average Bonchev–Trinajstić information content (AvgIpc) is 3.34. The Kier molecular flexibility index (Phi) is 4.26. The molecule has 170 valence electrons. The summed E-state index contributed by atoms with van der Waals surface area (Å²) in [5.74, 6) is 0.822. The molecule has 8 nitrogen and oxygen atoms in total. The first-order valence-corrected chi connectivity index (χ1v) is 11.8. The fraction of sp³-hybridized carbons (Fsp3) is 0.625. The van der Waals surface area contributed by atoms with E-state index in [1.165, 1.54) is 0 Å². The summed E-state index contributed by atoms with van der Waals surface area (Å²) >= 11 is 0. The molecule has 2 amide bonds. The van der Waals surface area contributed by atoms with Crippen LogP contribution in [0, 0.1) is 23.2 Å². The van der Waals surface area contributed by atoms with Crippen LogP contribution in [0.2, 0.25) is 0 Å². The van der Waals surface area contributed by atoms with Gasteiger partial charge < -0.3 is 15.4 Å². The van der Waals surface area contributed by atoms with E-state index in [2.05, 4.69) is 0 Å². The molecule has 0 radical (unpaired) electrons. The number of nitrogens with zero attached hydrogens (tertiary/aromatic N) is 3. The lowest BCUT2D eigenvalue weighted by Crippen LogP contribution is -2.59. The van der Waals surface area contributed by atoms with Crippen molar-refractivity contribution in [1.82, 2.24) is 14.0 Å². The van der Waals surface area contributed by atoms with Crippen molar-refractivity contribution in [2.24, 2.45) is 36.0 Å². The second-order valence-corrected chi connectivity index (χ2v) is 10.6. The van der Waals surface area contributed by atoms with Crippen LogP contribution in [0.3, 0.4) is 0 Å². The number of carbonyl (C=O) groups excluding carboxylic acids is 2. The van der Waals surface area contributed by atoms with Gasteiger partial charge in [0.05, 0.1) is 22.5 Å². The molecule has 5 fully saturated rings. The number of carbonyl (C=O) groups is 2. The Bertz CT molecular complexity index is 1150. The minimum Gasteiger partial charge on any atom is -0.446 e. The molecule has 4 aliphatic carbocycles. The molecular weight excluding hydrogens is 408 g/mol. The van der Waals surface area contributed by atoms with Gasteiger partial charge in [0.25, 0.3) is 0 Å². The molecule has 32 heavy (non-hydrogen) atoms. The molecule has 4 saturated carbocycles. The van der Waals surface area contributed by atoms with Crippen molar-refractivity contribution in [3.63, 3.8) is 0 Å². The predicted molar refractivity (Wildman–Crippen MR) is 118 cm³/mol. The summed E-state index contributed by atoms with van der Waals surface area (Å²) in [6.45, 7) is 1.05. The third kappa shape index (κ3) is 2.77. The second kappa shape index (κ2) is 6.86. The molecule has 5 aliphatic rings. The summed E-state index contributed by atoms with van der Waals surface area (Å²) in [5, 5.41) is 0. The summed E-state index contributed by atoms with van der Waals surface area (Å²) in [7, 11) is 1.79. The quantitative estimate of drug-likeness (QED) is 0.795. The summed E-state index contributed by atoms with van der Waals surface area (Å²) < 4.78 is 9.57. The third-order valence-electron chi connectivity index (χ3n) is 8.73. The standard InChI is InChI=1S/C24H30N4O4/c1-26-18-4-2-3-5-19(18)28(22(26)30)17-6-7-27(13-17)23(31)32-20-15-8-14-9-16(20)12-24(10-14,11-15)21(25)29/h2-5,14-17,20H,6-13H2,1H3,(H2,25,29)/t14?,15?,16?,17-,20-,24-/m1/s1. The molecule has 1 aliphatic heterocycles. The van der Waals surface area contributed by atoms with Crippen LogP contribution in [0.4, 0.5) is 4.79 Å². The van der Waals surface area contributed by atoms with Crippen LogP contribution in [0.15, 0.2) is 29.1 Å². The van der Waals surface area contributed by atoms with E-state index in [9.17, 15) is 14.4 Å². The number of nitrogens with two attached hydrogens (primary N) is 1. The van der Waals surface area contributed by atoms with Crippen LogP contribution >= 0.6 is 0 Å². The Labute approximate surface area is 186 Å². The summed E-state index contributed by atoms with van der Waals surface area (Å²) in [4.78, 5) is 39.9. The maximum atomic E-state index is 13.1. The Hall–Kier alpha value is -2.77. The molecule has 3 atom stereocenters. The number of primary amides is 1. The summed E-state index contributed by atoms with van der Waals surface area (Å²) in [6, 6.07) is 7.71. The highest BCUT2D eigenvalue weighted by atomic mass is 16.6. The van der Waals surface area contributed by atoms with Crippen LogP contribution in [0.5, 0.6) is 0 Å². The molecule has 2 aromatic rings. The highest BCUT2D eigenvalue weighted by molar-refractivity contribution is 5.81. The molecule has 4 bridgehead atoms. The van der Waals surface area contributed by atoms with E-state index in [0.717, 1.165) is 49.6 Å². The van der Waals surface area contributed by atoms with Crippen molar-refractivity contribution in [2.45, 2.75) is 50.7 Å². The van der Waals surface area contributed by atoms with Crippen LogP contribution < -0.4 is 11.4 Å². The van der Waals surface area contributed by atoms with E-state index in [4.69, 9.17) is 10.5 Å². The molecule has 1 aromatic heterocycles. The molecule has 2 N–H and O–H groups in total. The average molecular weight is 439 g/mol. The molecule has 1 saturated heterocycles. The highest BCUT2D eigenvalue weighted by Crippen LogP contribution is 2.60. The van der Waals surface area contributed by atoms with Crippen molar-refractivity contribution >= 4 is 23.0 Å². The van der Waals surface area contributed by atoms with Gasteiger partial charge in [0.2, 0.25) is 5.91 Å². The number of aryl methyl sites for hydroxylation is 1. The number of hydrogen-bond acceptors (Lipinski definition) is 4. The van der Waals surface area contributed by atoms with E-state index in [0.29, 0.717) is 19.0 Å². The number of benzene rings is 1. The Balaban J connectivity index is 1.17. The molecule has 0 spiro atoms. The number of ether oxygens (including phenoxy) is 1. The lowest BCUT2D eigenvalue weighted by molar-refractivity contribution is -0.161. The van der Waals surface area contributed by atoms with Crippen LogP contribution in [-0.4, -0.2) is 45.2 Å². The van der Waals surface area contributed by atoms with E-state index in [-0.39, 0.29) is 47.1 Å². The third-order valence-corrected chi connectivity index (χ3v) is 8.73. The van der Waals surface area contributed by atoms with E-state index in [1.54, 1.807) is 16.5 Å². The second-order valence-electron chi connectivity index (χ2n) is 10.6. The number of rotatable bonds is 3. The van der Waals surface area contributed by atoms with Gasteiger partial charge in [-0.2, -0.15) is 0 Å². The number of amides is 2. The lowest BCUT2D eigenvalue weighted by atomic mass is 9.48. The highest BCUT2D eigenvalue weighted by Gasteiger charge is 2.59. The zero-order chi connectivity index (χ0) is 22.2. The van der Waals surface area contributed by atoms with E-state index < -0.39 is 0 Å². The lowest BCUT2D eigenvalue weighted by Gasteiger charge is -2.58. The van der Waals surface area contributed by atoms with Gasteiger partial charge >= 0.3 is 11.8 Å². The minimum absolute atomic E-state index is 0.0517. The van der Waals surface area contributed by atoms with Crippen LogP contribution in [-0.2, 0) is 16.6 Å². The zero-order valence-corrected chi connectivity index (χ0v) is 18.4. The number of aromatic nitrogens is 2. The van der Waals surface area contributed by atoms with Crippen LogP contribution in [0.25, 0.3) is 11.0 Å². The Morgan fingerprint density at radius 3 is 2.47 bits per heavy atom. The summed E-state index contributed by atoms with van der Waals surface area (Å²) in [5.41, 5.74) is 7.14. The number of fused-ring (bicyclic) bond motifs is 1. The van der Waals surface area contributed by atoms with Gasteiger partial charge in [-0.3, -0.25) is 13.9 Å². The van der Waals surface area contributed by atoms with Crippen molar-refractivity contribution < 1.29 is 14.3 Å². The van der Waals surface area contributed by atoms with Crippen molar-refractivity contribution in [2.75, 3.05) is 13.1 Å². The Morgan fingerprint density at radius 2 is 1.78 bits per heavy atom. The van der Waals surface area contributed by atoms with Gasteiger partial charge in [0.15, 0.2) is 0 Å². The number of likely N-dealkylation sites (tertiary alicyclic amines) is 1. The number of imidazole rings is 1. The molecule has 1 aromatic carbocycles. The maximum absolute atomic E-state index is 13.1. The monoisotopic (exact) mass is 438 g/mol. The van der Waals surface area contributed by atoms with E-state index >= 15 is 0 Å². The first-order valence-electron chi connectivity index (χ1n) is 11.8. The number of para-hydroxylation sites is 2. The van der Waals surface area contributed by atoms with Gasteiger partial charge in [0.1, 0.15) is 6.10 Å². The van der Waals surface area contributed by atoms with E-state index in [1.807, 2.05) is 28.8 Å². The first-order chi connectivity index (χ1) is 15.4. The smallest absolute Gasteiger partial charge is 0.410 e. The van der Waals surface area contributed by atoms with Gasteiger partial charge in [-0.1, -0.05) is 12.1 Å². The fourth-order valence-electron chi connectivity index (χ4n) is 7.45.